The number of imidazole rings is 1. The summed E-state index contributed by atoms with van der Waals surface area (Å²) in [6.45, 7) is 1.96. The lowest BCUT2D eigenvalue weighted by Crippen LogP contribution is -2.20. The van der Waals surface area contributed by atoms with Gasteiger partial charge in [-0.15, -0.1) is 0 Å². The number of fused-ring (bicyclic) bond motifs is 4. The van der Waals surface area contributed by atoms with E-state index in [1.807, 2.05) is 61.5 Å². The van der Waals surface area contributed by atoms with E-state index < -0.39 is 0 Å². The average molecular weight is 343 g/mol. The third-order valence-corrected chi connectivity index (χ3v) is 4.95. The van der Waals surface area contributed by atoms with Crippen molar-refractivity contribution in [3.63, 3.8) is 0 Å². The van der Waals surface area contributed by atoms with E-state index in [4.69, 9.17) is 4.98 Å². The number of hydrogen-bond acceptors (Lipinski definition) is 4. The fourth-order valence-electron chi connectivity index (χ4n) is 3.74. The lowest BCUT2D eigenvalue weighted by molar-refractivity contribution is 0.281. The molecular weight excluding hydrogens is 326 g/mol. The summed E-state index contributed by atoms with van der Waals surface area (Å²) < 4.78 is 1.70. The van der Waals surface area contributed by atoms with Crippen molar-refractivity contribution in [3.05, 3.63) is 65.0 Å². The standard InChI is InChI=1S/C21H17N3O2/c1-12(11-25)22-16-10-9-15-19-13(16)5-4-6-14(19)20-23-17-7-2-3-8-18(17)24(20)21(15)26/h2-10,12,22,25H,11H2,1H3/t12-/m1/s1. The van der Waals surface area contributed by atoms with Gasteiger partial charge < -0.3 is 10.4 Å². The molecule has 0 saturated carbocycles. The Labute approximate surface area is 148 Å². The van der Waals surface area contributed by atoms with Crippen LogP contribution in [-0.2, 0) is 0 Å². The Balaban J connectivity index is 1.98. The third-order valence-electron chi connectivity index (χ3n) is 4.95. The zero-order chi connectivity index (χ0) is 17.8. The highest BCUT2D eigenvalue weighted by molar-refractivity contribution is 6.18. The zero-order valence-corrected chi connectivity index (χ0v) is 14.2. The molecule has 0 aliphatic carbocycles. The first kappa shape index (κ1) is 15.1. The average Bonchev–Trinajstić information content (AvgIpc) is 3.06. The van der Waals surface area contributed by atoms with Gasteiger partial charge in [0.15, 0.2) is 0 Å². The Hall–Kier alpha value is -3.18. The van der Waals surface area contributed by atoms with Crippen molar-refractivity contribution < 1.29 is 5.11 Å². The third kappa shape index (κ3) is 1.95. The minimum absolute atomic E-state index is 0.0393. The maximum atomic E-state index is 13.2. The van der Waals surface area contributed by atoms with Gasteiger partial charge in [0.25, 0.3) is 5.56 Å². The number of aliphatic hydroxyl groups is 1. The number of hydrogen-bond donors (Lipinski definition) is 2. The summed E-state index contributed by atoms with van der Waals surface area (Å²) >= 11 is 0. The van der Waals surface area contributed by atoms with Crippen LogP contribution in [0.25, 0.3) is 38.2 Å². The molecule has 0 unspecified atom stereocenters. The molecule has 5 aromatic rings. The summed E-state index contributed by atoms with van der Waals surface area (Å²) in [6, 6.07) is 17.4. The Bertz CT molecular complexity index is 1340. The molecule has 2 N–H and O–H groups in total. The summed E-state index contributed by atoms with van der Waals surface area (Å²) in [5.41, 5.74) is 3.17. The molecule has 5 rings (SSSR count). The number of pyridine rings is 1. The number of rotatable bonds is 3. The van der Waals surface area contributed by atoms with E-state index in [0.717, 1.165) is 32.9 Å². The van der Waals surface area contributed by atoms with Gasteiger partial charge in [0.05, 0.1) is 17.6 Å². The number of para-hydroxylation sites is 2. The second-order valence-corrected chi connectivity index (χ2v) is 6.68. The van der Waals surface area contributed by atoms with Gasteiger partial charge >= 0.3 is 0 Å². The van der Waals surface area contributed by atoms with Crippen LogP contribution < -0.4 is 10.9 Å². The van der Waals surface area contributed by atoms with E-state index >= 15 is 0 Å². The van der Waals surface area contributed by atoms with Crippen LogP contribution in [0.3, 0.4) is 0 Å². The second-order valence-electron chi connectivity index (χ2n) is 6.68. The van der Waals surface area contributed by atoms with Gasteiger partial charge in [-0.2, -0.15) is 0 Å². The fourth-order valence-corrected chi connectivity index (χ4v) is 3.74. The first-order valence-electron chi connectivity index (χ1n) is 8.64. The molecule has 2 aromatic heterocycles. The highest BCUT2D eigenvalue weighted by Crippen LogP contribution is 2.33. The number of nitrogens with zero attached hydrogens (tertiary/aromatic N) is 2. The van der Waals surface area contributed by atoms with Crippen LogP contribution in [0.1, 0.15) is 6.92 Å². The topological polar surface area (TPSA) is 66.6 Å². The fraction of sp³-hybridized carbons (Fsp3) is 0.143. The van der Waals surface area contributed by atoms with Crippen LogP contribution >= 0.6 is 0 Å². The summed E-state index contributed by atoms with van der Waals surface area (Å²) in [6.07, 6.45) is 0. The van der Waals surface area contributed by atoms with Gasteiger partial charge in [-0.05, 0) is 31.2 Å². The van der Waals surface area contributed by atoms with Crippen molar-refractivity contribution in [2.75, 3.05) is 11.9 Å². The Morgan fingerprint density at radius 1 is 1.04 bits per heavy atom. The number of aliphatic hydroxyl groups excluding tert-OH is 1. The van der Waals surface area contributed by atoms with E-state index in [9.17, 15) is 9.90 Å². The number of benzene rings is 3. The molecule has 0 saturated heterocycles. The molecule has 0 aliphatic rings. The molecule has 2 heterocycles. The van der Waals surface area contributed by atoms with Crippen LogP contribution in [0.5, 0.6) is 0 Å². The smallest absolute Gasteiger partial charge is 0.264 e. The highest BCUT2D eigenvalue weighted by Gasteiger charge is 2.17. The highest BCUT2D eigenvalue weighted by atomic mass is 16.3. The summed E-state index contributed by atoms with van der Waals surface area (Å²) in [7, 11) is 0. The van der Waals surface area contributed by atoms with Crippen molar-refractivity contribution in [1.82, 2.24) is 9.38 Å². The van der Waals surface area contributed by atoms with Gasteiger partial charge in [0.1, 0.15) is 5.65 Å². The molecule has 5 nitrogen and oxygen atoms in total. The SMILES string of the molecule is C[C@H](CO)Nc1ccc2c(=O)n3c4ccccc4nc3c3cccc1c23. The van der Waals surface area contributed by atoms with Crippen LogP contribution in [0.4, 0.5) is 5.69 Å². The Kier molecular flexibility index (Phi) is 3.14. The minimum atomic E-state index is -0.0732. The predicted molar refractivity (Wildman–Crippen MR) is 105 cm³/mol. The predicted octanol–water partition coefficient (Wildman–Crippen LogP) is 3.38. The van der Waals surface area contributed by atoms with Gasteiger partial charge in [-0.3, -0.25) is 9.20 Å². The molecule has 0 spiro atoms. The molecule has 0 amide bonds. The van der Waals surface area contributed by atoms with Gasteiger partial charge in [0, 0.05) is 33.3 Å². The molecule has 0 bridgehead atoms. The molecule has 5 heteroatoms. The summed E-state index contributed by atoms with van der Waals surface area (Å²) in [4.78, 5) is 17.9. The Morgan fingerprint density at radius 2 is 1.85 bits per heavy atom. The minimum Gasteiger partial charge on any atom is -0.394 e. The molecule has 0 aliphatic heterocycles. The van der Waals surface area contributed by atoms with E-state index in [0.29, 0.717) is 11.0 Å². The lowest BCUT2D eigenvalue weighted by Gasteiger charge is -2.16. The molecular formula is C21H17N3O2. The molecule has 128 valence electrons. The molecule has 3 aromatic carbocycles. The largest absolute Gasteiger partial charge is 0.394 e. The number of anilines is 1. The van der Waals surface area contributed by atoms with E-state index in [1.165, 1.54) is 0 Å². The zero-order valence-electron chi connectivity index (χ0n) is 14.2. The molecule has 26 heavy (non-hydrogen) atoms. The van der Waals surface area contributed by atoms with Gasteiger partial charge in [-0.1, -0.05) is 30.3 Å². The maximum absolute atomic E-state index is 13.2. The second kappa shape index (κ2) is 5.41. The summed E-state index contributed by atoms with van der Waals surface area (Å²) in [5, 5.41) is 16.2. The monoisotopic (exact) mass is 343 g/mol. The van der Waals surface area contributed by atoms with Crippen molar-refractivity contribution >= 4 is 43.9 Å². The van der Waals surface area contributed by atoms with Crippen molar-refractivity contribution in [1.29, 1.82) is 0 Å². The lowest BCUT2D eigenvalue weighted by atomic mass is 10.0. The first-order chi connectivity index (χ1) is 12.7. The normalized spacial score (nSPS) is 13.2. The summed E-state index contributed by atoms with van der Waals surface area (Å²) in [5.74, 6) is 0. The van der Waals surface area contributed by atoms with E-state index in [-0.39, 0.29) is 18.2 Å². The molecule has 0 radical (unpaired) electrons. The Morgan fingerprint density at radius 3 is 2.69 bits per heavy atom. The van der Waals surface area contributed by atoms with Crippen molar-refractivity contribution in [2.24, 2.45) is 0 Å². The maximum Gasteiger partial charge on any atom is 0.264 e. The number of nitrogens with one attached hydrogen (secondary N) is 1. The van der Waals surface area contributed by atoms with Crippen molar-refractivity contribution in [2.45, 2.75) is 13.0 Å². The van der Waals surface area contributed by atoms with Crippen LogP contribution in [0.2, 0.25) is 0 Å². The van der Waals surface area contributed by atoms with Crippen LogP contribution in [0.15, 0.2) is 59.4 Å². The van der Waals surface area contributed by atoms with E-state index in [2.05, 4.69) is 5.32 Å². The van der Waals surface area contributed by atoms with Crippen LogP contribution in [0, 0.1) is 0 Å². The van der Waals surface area contributed by atoms with Gasteiger partial charge in [-0.25, -0.2) is 4.98 Å². The molecule has 0 fully saturated rings. The van der Waals surface area contributed by atoms with Crippen LogP contribution in [-0.4, -0.2) is 27.1 Å². The quantitative estimate of drug-likeness (QED) is 0.527. The van der Waals surface area contributed by atoms with E-state index in [1.54, 1.807) is 4.40 Å². The van der Waals surface area contributed by atoms with Crippen molar-refractivity contribution in [3.8, 4) is 0 Å². The molecule has 1 atom stereocenters. The number of aromatic nitrogens is 2. The first-order valence-corrected chi connectivity index (χ1v) is 8.64. The van der Waals surface area contributed by atoms with Gasteiger partial charge in [0.2, 0.25) is 0 Å².